The number of ether oxygens (including phenoxy) is 1. The van der Waals surface area contributed by atoms with Crippen LogP contribution in [0.2, 0.25) is 0 Å². The monoisotopic (exact) mass is 230 g/mol. The molecule has 3 rings (SSSR count). The summed E-state index contributed by atoms with van der Waals surface area (Å²) < 4.78 is 10.7. The van der Waals surface area contributed by atoms with Crippen LogP contribution in [0.3, 0.4) is 0 Å². The molecule has 2 atom stereocenters. The van der Waals surface area contributed by atoms with Crippen LogP contribution in [0.5, 0.6) is 5.75 Å². The van der Waals surface area contributed by atoms with Crippen molar-refractivity contribution in [2.45, 2.75) is 12.5 Å². The van der Waals surface area contributed by atoms with E-state index in [1.165, 1.54) is 0 Å². The van der Waals surface area contributed by atoms with Gasteiger partial charge in [0, 0.05) is 11.5 Å². The second-order valence-electron chi connectivity index (χ2n) is 4.38. The Bertz CT molecular complexity index is 490. The van der Waals surface area contributed by atoms with Crippen molar-refractivity contribution in [3.8, 4) is 5.75 Å². The summed E-state index contributed by atoms with van der Waals surface area (Å²) in [6.45, 7) is 0.545. The normalized spacial score (nSPS) is 20.4. The van der Waals surface area contributed by atoms with E-state index in [1.807, 2.05) is 24.3 Å². The fourth-order valence-corrected chi connectivity index (χ4v) is 2.27. The van der Waals surface area contributed by atoms with Gasteiger partial charge in [0.25, 0.3) is 0 Å². The van der Waals surface area contributed by atoms with Crippen LogP contribution < -0.4 is 4.74 Å². The minimum absolute atomic E-state index is 0.0856. The van der Waals surface area contributed by atoms with Gasteiger partial charge >= 0.3 is 0 Å². The summed E-state index contributed by atoms with van der Waals surface area (Å²) >= 11 is 0. The maximum Gasteiger partial charge on any atom is 0.122 e. The molecule has 1 N–H and O–H groups in total. The van der Waals surface area contributed by atoms with Crippen molar-refractivity contribution >= 4 is 0 Å². The third kappa shape index (κ3) is 1.94. The van der Waals surface area contributed by atoms with Gasteiger partial charge in [-0.05, 0) is 24.1 Å². The number of fused-ring (bicyclic) bond motifs is 1. The molecule has 17 heavy (non-hydrogen) atoms. The quantitative estimate of drug-likeness (QED) is 0.862. The van der Waals surface area contributed by atoms with Crippen LogP contribution in [-0.4, -0.2) is 11.7 Å². The maximum atomic E-state index is 10.2. The van der Waals surface area contributed by atoms with Crippen LogP contribution in [0.1, 0.15) is 17.2 Å². The van der Waals surface area contributed by atoms with Crippen molar-refractivity contribution in [1.29, 1.82) is 0 Å². The first-order valence-electron chi connectivity index (χ1n) is 5.75. The summed E-state index contributed by atoms with van der Waals surface area (Å²) in [5.74, 6) is 1.02. The van der Waals surface area contributed by atoms with Crippen molar-refractivity contribution in [3.05, 3.63) is 54.0 Å². The fourth-order valence-electron chi connectivity index (χ4n) is 2.27. The number of benzene rings is 1. The van der Waals surface area contributed by atoms with Crippen LogP contribution >= 0.6 is 0 Å². The fraction of sp³-hybridized carbons (Fsp3) is 0.286. The molecular weight excluding hydrogens is 216 g/mol. The van der Waals surface area contributed by atoms with E-state index >= 15 is 0 Å². The van der Waals surface area contributed by atoms with Gasteiger partial charge in [-0.1, -0.05) is 18.2 Å². The van der Waals surface area contributed by atoms with Gasteiger partial charge in [0.15, 0.2) is 0 Å². The SMILES string of the molecule is OC(c1ccoc1)C1COc2ccccc2C1. The van der Waals surface area contributed by atoms with E-state index in [0.29, 0.717) is 6.61 Å². The zero-order valence-corrected chi connectivity index (χ0v) is 9.37. The Labute approximate surface area is 99.6 Å². The van der Waals surface area contributed by atoms with Gasteiger partial charge in [-0.3, -0.25) is 0 Å². The number of aliphatic hydroxyl groups is 1. The lowest BCUT2D eigenvalue weighted by molar-refractivity contribution is 0.0640. The highest BCUT2D eigenvalue weighted by Gasteiger charge is 2.27. The van der Waals surface area contributed by atoms with E-state index in [0.717, 1.165) is 23.3 Å². The topological polar surface area (TPSA) is 42.6 Å². The molecule has 0 fully saturated rings. The number of aliphatic hydroxyl groups excluding tert-OH is 1. The Morgan fingerprint density at radius 1 is 1.24 bits per heavy atom. The van der Waals surface area contributed by atoms with E-state index < -0.39 is 6.10 Å². The molecule has 0 bridgehead atoms. The highest BCUT2D eigenvalue weighted by Crippen LogP contribution is 2.33. The summed E-state index contributed by atoms with van der Waals surface area (Å²) in [7, 11) is 0. The molecule has 1 aromatic heterocycles. The average Bonchev–Trinajstić information content (AvgIpc) is 2.91. The van der Waals surface area contributed by atoms with Gasteiger partial charge < -0.3 is 14.3 Å². The summed E-state index contributed by atoms with van der Waals surface area (Å²) in [6.07, 6.45) is 3.48. The molecule has 1 aliphatic heterocycles. The Morgan fingerprint density at radius 2 is 2.12 bits per heavy atom. The second kappa shape index (κ2) is 4.26. The third-order valence-corrected chi connectivity index (χ3v) is 3.24. The Balaban J connectivity index is 1.80. The summed E-state index contributed by atoms with van der Waals surface area (Å²) in [4.78, 5) is 0. The van der Waals surface area contributed by atoms with Crippen molar-refractivity contribution < 1.29 is 14.3 Å². The Hall–Kier alpha value is -1.74. The zero-order valence-electron chi connectivity index (χ0n) is 9.37. The van der Waals surface area contributed by atoms with E-state index in [4.69, 9.17) is 9.15 Å². The molecule has 2 aromatic rings. The summed E-state index contributed by atoms with van der Waals surface area (Å²) in [5, 5.41) is 10.2. The largest absolute Gasteiger partial charge is 0.493 e. The lowest BCUT2D eigenvalue weighted by Gasteiger charge is -2.28. The van der Waals surface area contributed by atoms with Gasteiger partial charge in [-0.25, -0.2) is 0 Å². The van der Waals surface area contributed by atoms with E-state index in [1.54, 1.807) is 18.6 Å². The minimum Gasteiger partial charge on any atom is -0.493 e. The number of para-hydroxylation sites is 1. The number of rotatable bonds is 2. The van der Waals surface area contributed by atoms with Crippen LogP contribution in [0.4, 0.5) is 0 Å². The molecular formula is C14H14O3. The summed E-state index contributed by atoms with van der Waals surface area (Å²) in [5.41, 5.74) is 1.98. The third-order valence-electron chi connectivity index (χ3n) is 3.24. The zero-order chi connectivity index (χ0) is 11.7. The van der Waals surface area contributed by atoms with Gasteiger partial charge in [0.2, 0.25) is 0 Å². The molecule has 1 aliphatic rings. The smallest absolute Gasteiger partial charge is 0.122 e. The molecule has 0 saturated carbocycles. The van der Waals surface area contributed by atoms with Crippen molar-refractivity contribution in [3.63, 3.8) is 0 Å². The lowest BCUT2D eigenvalue weighted by Crippen LogP contribution is -2.26. The van der Waals surface area contributed by atoms with Crippen LogP contribution in [0.25, 0.3) is 0 Å². The molecule has 3 heteroatoms. The minimum atomic E-state index is -0.526. The van der Waals surface area contributed by atoms with E-state index in [9.17, 15) is 5.11 Å². The van der Waals surface area contributed by atoms with Crippen LogP contribution in [0, 0.1) is 5.92 Å². The highest BCUT2D eigenvalue weighted by molar-refractivity contribution is 5.35. The maximum absolute atomic E-state index is 10.2. The van der Waals surface area contributed by atoms with Crippen LogP contribution in [0.15, 0.2) is 47.3 Å². The standard InChI is InChI=1S/C14H14O3/c15-14(11-5-6-16-8-11)12-7-10-3-1-2-4-13(10)17-9-12/h1-6,8,12,14-15H,7,9H2. The molecule has 0 saturated heterocycles. The van der Waals surface area contributed by atoms with Gasteiger partial charge in [-0.2, -0.15) is 0 Å². The van der Waals surface area contributed by atoms with E-state index in [2.05, 4.69) is 0 Å². The first kappa shape index (κ1) is 10.4. The predicted molar refractivity (Wildman–Crippen MR) is 62.8 cm³/mol. The predicted octanol–water partition coefficient (Wildman–Crippen LogP) is 2.56. The highest BCUT2D eigenvalue weighted by atomic mass is 16.5. The molecule has 2 unspecified atom stereocenters. The molecule has 0 amide bonds. The molecule has 2 heterocycles. The van der Waals surface area contributed by atoms with Crippen molar-refractivity contribution in [2.24, 2.45) is 5.92 Å². The van der Waals surface area contributed by atoms with E-state index in [-0.39, 0.29) is 5.92 Å². The molecule has 3 nitrogen and oxygen atoms in total. The average molecular weight is 230 g/mol. The molecule has 1 aromatic carbocycles. The Morgan fingerprint density at radius 3 is 2.94 bits per heavy atom. The van der Waals surface area contributed by atoms with Crippen LogP contribution in [-0.2, 0) is 6.42 Å². The number of hydrogen-bond donors (Lipinski definition) is 1. The lowest BCUT2D eigenvalue weighted by atomic mass is 9.89. The van der Waals surface area contributed by atoms with Gasteiger partial charge in [0.1, 0.15) is 5.75 Å². The number of hydrogen-bond acceptors (Lipinski definition) is 3. The second-order valence-corrected chi connectivity index (χ2v) is 4.38. The first-order chi connectivity index (χ1) is 8.34. The van der Waals surface area contributed by atoms with Crippen molar-refractivity contribution in [1.82, 2.24) is 0 Å². The first-order valence-corrected chi connectivity index (χ1v) is 5.75. The van der Waals surface area contributed by atoms with Crippen molar-refractivity contribution in [2.75, 3.05) is 6.61 Å². The molecule has 0 radical (unpaired) electrons. The molecule has 88 valence electrons. The molecule has 0 aliphatic carbocycles. The molecule has 0 spiro atoms. The van der Waals surface area contributed by atoms with Gasteiger partial charge in [0.05, 0.1) is 25.2 Å². The number of furan rings is 1. The summed E-state index contributed by atoms with van der Waals surface area (Å²) in [6, 6.07) is 9.77. The van der Waals surface area contributed by atoms with Gasteiger partial charge in [-0.15, -0.1) is 0 Å². The Kier molecular flexibility index (Phi) is 2.61.